The summed E-state index contributed by atoms with van der Waals surface area (Å²) in [6.07, 6.45) is 39.8. The summed E-state index contributed by atoms with van der Waals surface area (Å²) < 4.78 is 2.60. The zero-order valence-electron chi connectivity index (χ0n) is 29.4. The highest BCUT2D eigenvalue weighted by atomic mass is 15.2. The van der Waals surface area contributed by atoms with E-state index in [1.807, 2.05) is 0 Å². The standard InChI is InChI=1S/C48H50N2/c1-4-14-33(15-5-1)37-28-38(34-16-6-2-7-17-34)30-40(29-37)50-46-23-13-11-21-42(46)44-32-36(25-27-48(44)50)35-24-26-47-43(31-35)41-20-10-12-22-45(41)49(47)39-18-8-3-9-19-39/h1,4,8,10-12,16,18,20-22,24-33,39,42,44,46,48H,2-3,5-7,9,13-15,17,19,23H2. The molecule has 10 rings (SSSR count). The molecule has 4 aromatic rings. The van der Waals surface area contributed by atoms with Gasteiger partial charge in [-0.1, -0.05) is 91.1 Å². The lowest BCUT2D eigenvalue weighted by molar-refractivity contribution is 0.458. The summed E-state index contributed by atoms with van der Waals surface area (Å²) in [7, 11) is 0. The Morgan fingerprint density at radius 2 is 1.56 bits per heavy atom. The summed E-state index contributed by atoms with van der Waals surface area (Å²) in [6, 6.07) is 25.5. The second-order valence-electron chi connectivity index (χ2n) is 15.9. The summed E-state index contributed by atoms with van der Waals surface area (Å²) >= 11 is 0. The average molecular weight is 655 g/mol. The van der Waals surface area contributed by atoms with E-state index in [1.165, 1.54) is 121 Å². The Bertz CT molecular complexity index is 2130. The number of benzene rings is 3. The first-order chi connectivity index (χ1) is 24.8. The van der Waals surface area contributed by atoms with Crippen LogP contribution in [0.4, 0.5) is 5.69 Å². The van der Waals surface area contributed by atoms with Crippen LogP contribution < -0.4 is 4.90 Å². The fraction of sp³-hybridized carbons (Fsp3) is 0.375. The largest absolute Gasteiger partial charge is 0.361 e. The molecule has 6 unspecified atom stereocenters. The predicted octanol–water partition coefficient (Wildman–Crippen LogP) is 12.6. The van der Waals surface area contributed by atoms with Gasteiger partial charge in [-0.3, -0.25) is 0 Å². The van der Waals surface area contributed by atoms with Gasteiger partial charge in [0.25, 0.3) is 0 Å². The van der Waals surface area contributed by atoms with Gasteiger partial charge in [0.2, 0.25) is 0 Å². The number of aromatic nitrogens is 1. The van der Waals surface area contributed by atoms with Gasteiger partial charge in [0.1, 0.15) is 0 Å². The molecule has 0 radical (unpaired) electrons. The van der Waals surface area contributed by atoms with Crippen molar-refractivity contribution in [2.45, 2.75) is 101 Å². The number of allylic oxidation sites excluding steroid dienone is 9. The molecule has 0 spiro atoms. The van der Waals surface area contributed by atoms with E-state index in [1.54, 1.807) is 11.1 Å². The van der Waals surface area contributed by atoms with Crippen molar-refractivity contribution in [3.63, 3.8) is 0 Å². The van der Waals surface area contributed by atoms with Crippen molar-refractivity contribution >= 4 is 38.6 Å². The van der Waals surface area contributed by atoms with Gasteiger partial charge in [-0.15, -0.1) is 0 Å². The number of hydrogen-bond donors (Lipinski definition) is 0. The smallest absolute Gasteiger partial charge is 0.0549 e. The van der Waals surface area contributed by atoms with E-state index in [4.69, 9.17) is 0 Å². The van der Waals surface area contributed by atoms with Crippen LogP contribution in [0, 0.1) is 11.8 Å². The fourth-order valence-corrected chi connectivity index (χ4v) is 10.6. The van der Waals surface area contributed by atoms with E-state index < -0.39 is 0 Å². The number of rotatable bonds is 5. The highest BCUT2D eigenvalue weighted by Gasteiger charge is 2.47. The Morgan fingerprint density at radius 1 is 0.640 bits per heavy atom. The molecule has 1 fully saturated rings. The summed E-state index contributed by atoms with van der Waals surface area (Å²) in [5.41, 5.74) is 11.6. The van der Waals surface area contributed by atoms with Crippen LogP contribution in [-0.4, -0.2) is 16.7 Å². The van der Waals surface area contributed by atoms with Crippen molar-refractivity contribution in [1.82, 2.24) is 4.57 Å². The minimum absolute atomic E-state index is 0.384. The molecule has 2 nitrogen and oxygen atoms in total. The zero-order valence-corrected chi connectivity index (χ0v) is 29.4. The quantitative estimate of drug-likeness (QED) is 0.194. The number of anilines is 1. The zero-order chi connectivity index (χ0) is 33.0. The molecule has 6 aliphatic rings. The predicted molar refractivity (Wildman–Crippen MR) is 213 cm³/mol. The molecule has 1 aromatic heterocycles. The Balaban J connectivity index is 1.04. The van der Waals surface area contributed by atoms with Crippen molar-refractivity contribution in [2.24, 2.45) is 11.8 Å². The van der Waals surface area contributed by atoms with Gasteiger partial charge in [-0.2, -0.15) is 0 Å². The van der Waals surface area contributed by atoms with E-state index >= 15 is 0 Å². The van der Waals surface area contributed by atoms with Crippen LogP contribution in [0.2, 0.25) is 0 Å². The second-order valence-corrected chi connectivity index (χ2v) is 15.9. The van der Waals surface area contributed by atoms with Gasteiger partial charge < -0.3 is 9.47 Å². The molecule has 252 valence electrons. The monoisotopic (exact) mass is 654 g/mol. The lowest BCUT2D eigenvalue weighted by Gasteiger charge is -2.35. The fourth-order valence-electron chi connectivity index (χ4n) is 10.6. The topological polar surface area (TPSA) is 8.17 Å². The van der Waals surface area contributed by atoms with Crippen LogP contribution in [0.1, 0.15) is 106 Å². The van der Waals surface area contributed by atoms with Crippen molar-refractivity contribution in [2.75, 3.05) is 4.90 Å². The van der Waals surface area contributed by atoms with Gasteiger partial charge in [0, 0.05) is 45.4 Å². The molecular formula is C48H50N2. The van der Waals surface area contributed by atoms with Gasteiger partial charge in [0.05, 0.1) is 12.1 Å². The van der Waals surface area contributed by atoms with Crippen molar-refractivity contribution < 1.29 is 0 Å². The third-order valence-electron chi connectivity index (χ3n) is 13.0. The van der Waals surface area contributed by atoms with E-state index in [2.05, 4.69) is 131 Å². The molecule has 1 aliphatic heterocycles. The van der Waals surface area contributed by atoms with Crippen LogP contribution in [0.3, 0.4) is 0 Å². The highest BCUT2D eigenvalue weighted by molar-refractivity contribution is 6.09. The Hall–Kier alpha value is -4.30. The summed E-state index contributed by atoms with van der Waals surface area (Å²) in [4.78, 5) is 2.87. The van der Waals surface area contributed by atoms with E-state index in [-0.39, 0.29) is 0 Å². The molecule has 2 heterocycles. The van der Waals surface area contributed by atoms with Crippen molar-refractivity contribution in [3.8, 4) is 0 Å². The first-order valence-electron chi connectivity index (χ1n) is 19.8. The van der Waals surface area contributed by atoms with Crippen LogP contribution in [0.5, 0.6) is 0 Å². The van der Waals surface area contributed by atoms with Crippen LogP contribution in [0.15, 0.2) is 121 Å². The van der Waals surface area contributed by atoms with Gasteiger partial charge >= 0.3 is 0 Å². The Labute approximate surface area is 298 Å². The highest BCUT2D eigenvalue weighted by Crippen LogP contribution is 2.49. The first-order valence-corrected chi connectivity index (χ1v) is 19.8. The molecule has 0 saturated carbocycles. The van der Waals surface area contributed by atoms with Crippen LogP contribution >= 0.6 is 0 Å². The maximum atomic E-state index is 2.87. The molecule has 6 atom stereocenters. The molecule has 0 N–H and O–H groups in total. The third-order valence-corrected chi connectivity index (χ3v) is 13.0. The lowest BCUT2D eigenvalue weighted by Crippen LogP contribution is -2.38. The van der Waals surface area contributed by atoms with Crippen LogP contribution in [-0.2, 0) is 0 Å². The molecule has 2 heteroatoms. The average Bonchev–Trinajstić information content (AvgIpc) is 3.71. The van der Waals surface area contributed by atoms with Gasteiger partial charge in [-0.25, -0.2) is 0 Å². The maximum absolute atomic E-state index is 2.87. The molecule has 1 saturated heterocycles. The van der Waals surface area contributed by atoms with E-state index in [9.17, 15) is 0 Å². The molecule has 0 bridgehead atoms. The molecular weight excluding hydrogens is 605 g/mol. The van der Waals surface area contributed by atoms with Crippen molar-refractivity contribution in [3.05, 3.63) is 138 Å². The summed E-state index contributed by atoms with van der Waals surface area (Å²) in [6.45, 7) is 0. The molecule has 3 aromatic carbocycles. The van der Waals surface area contributed by atoms with Crippen molar-refractivity contribution in [1.29, 1.82) is 0 Å². The number of hydrogen-bond acceptors (Lipinski definition) is 1. The Kier molecular flexibility index (Phi) is 7.81. The minimum atomic E-state index is 0.384. The Morgan fingerprint density at radius 3 is 2.44 bits per heavy atom. The molecule has 0 amide bonds. The second kappa shape index (κ2) is 12.8. The minimum Gasteiger partial charge on any atom is -0.361 e. The lowest BCUT2D eigenvalue weighted by atomic mass is 9.79. The van der Waals surface area contributed by atoms with Crippen LogP contribution in [0.25, 0.3) is 33.0 Å². The third kappa shape index (κ3) is 5.21. The first kappa shape index (κ1) is 30.5. The van der Waals surface area contributed by atoms with Gasteiger partial charge in [-0.05, 0) is 141 Å². The summed E-state index contributed by atoms with van der Waals surface area (Å²) in [5, 5.41) is 2.76. The maximum Gasteiger partial charge on any atom is 0.0549 e. The normalized spacial score (nSPS) is 28.9. The molecule has 5 aliphatic carbocycles. The SMILES string of the molecule is C1=CC(n2c3ccccc3c3cc(C4=CC5C6C=CCCC6N(c6cc(C7=CCCCC7)cc(C7CC=CCC7)c6)C5C=C4)ccc32)CCC1. The van der Waals surface area contributed by atoms with Gasteiger partial charge in [0.15, 0.2) is 0 Å². The van der Waals surface area contributed by atoms with E-state index in [0.717, 1.165) is 0 Å². The molecule has 50 heavy (non-hydrogen) atoms. The number of para-hydroxylation sites is 1. The number of nitrogens with zero attached hydrogens (tertiary/aromatic N) is 2. The van der Waals surface area contributed by atoms with E-state index in [0.29, 0.717) is 35.9 Å². The number of fused-ring (bicyclic) bond motifs is 6. The summed E-state index contributed by atoms with van der Waals surface area (Å²) in [5.74, 6) is 1.64.